The number of halogens is 1. The van der Waals surface area contributed by atoms with Gasteiger partial charge < -0.3 is 25.3 Å². The molecule has 198 valence electrons. The van der Waals surface area contributed by atoms with Gasteiger partial charge in [0, 0.05) is 32.6 Å². The number of unbranched alkanes of at least 4 members (excludes halogenated alkanes) is 5. The Morgan fingerprint density at radius 3 is 2.41 bits per heavy atom. The van der Waals surface area contributed by atoms with E-state index >= 15 is 0 Å². The lowest BCUT2D eigenvalue weighted by Gasteiger charge is -2.14. The van der Waals surface area contributed by atoms with Gasteiger partial charge in [-0.15, -0.1) is 12.4 Å². The molecule has 0 aliphatic rings. The number of hydrogen-bond donors (Lipinski definition) is 2. The van der Waals surface area contributed by atoms with Crippen LogP contribution in [0.3, 0.4) is 0 Å². The molecular weight excluding hydrogens is 452 g/mol. The molecular formula is C27H49ClN2O4. The van der Waals surface area contributed by atoms with Gasteiger partial charge in [0.05, 0.1) is 13.2 Å². The van der Waals surface area contributed by atoms with E-state index in [4.69, 9.17) is 19.9 Å². The highest BCUT2D eigenvalue weighted by atomic mass is 35.5. The van der Waals surface area contributed by atoms with Gasteiger partial charge in [-0.25, -0.2) is 0 Å². The molecule has 7 heteroatoms. The van der Waals surface area contributed by atoms with Crippen LogP contribution in [0.25, 0.3) is 0 Å². The Bertz CT molecular complexity index is 631. The normalized spacial score (nSPS) is 11.5. The third-order valence-corrected chi connectivity index (χ3v) is 5.74. The molecule has 1 atom stereocenters. The number of methoxy groups -OCH3 is 1. The molecule has 0 unspecified atom stereocenters. The second kappa shape index (κ2) is 22.0. The van der Waals surface area contributed by atoms with Crippen molar-refractivity contribution < 1.29 is 19.0 Å². The smallest absolute Gasteiger partial charge is 0.222 e. The topological polar surface area (TPSA) is 82.8 Å². The summed E-state index contributed by atoms with van der Waals surface area (Å²) in [5.74, 6) is 1.93. The summed E-state index contributed by atoms with van der Waals surface area (Å²) in [6.07, 6.45) is 11.5. The van der Waals surface area contributed by atoms with E-state index in [1.807, 2.05) is 13.0 Å². The summed E-state index contributed by atoms with van der Waals surface area (Å²) in [7, 11) is 1.70. The van der Waals surface area contributed by atoms with E-state index in [0.717, 1.165) is 82.3 Å². The molecule has 6 nitrogen and oxygen atoms in total. The van der Waals surface area contributed by atoms with Crippen molar-refractivity contribution in [3.63, 3.8) is 0 Å². The van der Waals surface area contributed by atoms with Gasteiger partial charge in [0.1, 0.15) is 0 Å². The van der Waals surface area contributed by atoms with Crippen LogP contribution < -0.4 is 20.5 Å². The molecule has 3 N–H and O–H groups in total. The first-order chi connectivity index (χ1) is 16.1. The Kier molecular flexibility index (Phi) is 21.0. The van der Waals surface area contributed by atoms with Crippen LogP contribution in [-0.4, -0.2) is 45.9 Å². The van der Waals surface area contributed by atoms with Crippen LogP contribution in [0.4, 0.5) is 0 Å². The molecule has 1 aromatic rings. The molecule has 0 fully saturated rings. The van der Waals surface area contributed by atoms with Gasteiger partial charge in [-0.1, -0.05) is 45.6 Å². The number of nitrogens with one attached hydrogen (secondary N) is 1. The van der Waals surface area contributed by atoms with Crippen LogP contribution in [0.5, 0.6) is 11.5 Å². The fourth-order valence-electron chi connectivity index (χ4n) is 3.58. The van der Waals surface area contributed by atoms with E-state index in [9.17, 15) is 4.79 Å². The van der Waals surface area contributed by atoms with Crippen molar-refractivity contribution in [2.45, 2.75) is 84.5 Å². The second-order valence-corrected chi connectivity index (χ2v) is 8.82. The highest BCUT2D eigenvalue weighted by molar-refractivity contribution is 5.85. The average Bonchev–Trinajstić information content (AvgIpc) is 2.82. The molecule has 0 aromatic heterocycles. The zero-order chi connectivity index (χ0) is 24.2. The SMILES string of the molecule is CCCCNC(=O)[C@H](C)CCCCCCc1ccc(OCCCCN)c(OCCCOC)c1.Cl. The Labute approximate surface area is 214 Å². The summed E-state index contributed by atoms with van der Waals surface area (Å²) in [4.78, 5) is 12.0. The van der Waals surface area contributed by atoms with Crippen LogP contribution in [0, 0.1) is 5.92 Å². The lowest BCUT2D eigenvalue weighted by Crippen LogP contribution is -2.29. The fraction of sp³-hybridized carbons (Fsp3) is 0.741. The van der Waals surface area contributed by atoms with E-state index in [0.29, 0.717) is 26.4 Å². The lowest BCUT2D eigenvalue weighted by atomic mass is 10.00. The molecule has 0 aliphatic heterocycles. The Hall–Kier alpha value is -1.50. The Morgan fingerprint density at radius 1 is 0.941 bits per heavy atom. The van der Waals surface area contributed by atoms with Gasteiger partial charge in [0.2, 0.25) is 5.91 Å². The Balaban J connectivity index is 0.0000109. The largest absolute Gasteiger partial charge is 0.490 e. The molecule has 0 radical (unpaired) electrons. The van der Waals surface area contributed by atoms with Crippen molar-refractivity contribution in [3.05, 3.63) is 23.8 Å². The highest BCUT2D eigenvalue weighted by Gasteiger charge is 2.11. The number of carbonyl (C=O) groups excluding carboxylic acids is 1. The van der Waals surface area contributed by atoms with Crippen molar-refractivity contribution in [2.75, 3.05) is 40.0 Å². The second-order valence-electron chi connectivity index (χ2n) is 8.82. The Morgan fingerprint density at radius 2 is 1.68 bits per heavy atom. The summed E-state index contributed by atoms with van der Waals surface area (Å²) in [5.41, 5.74) is 6.84. The van der Waals surface area contributed by atoms with Gasteiger partial charge in [-0.05, 0) is 62.8 Å². The maximum Gasteiger partial charge on any atom is 0.222 e. The minimum Gasteiger partial charge on any atom is -0.490 e. The first kappa shape index (κ1) is 32.5. The summed E-state index contributed by atoms with van der Waals surface area (Å²) in [6, 6.07) is 6.29. The first-order valence-electron chi connectivity index (χ1n) is 13.0. The van der Waals surface area contributed by atoms with Crippen LogP contribution in [0.15, 0.2) is 18.2 Å². The summed E-state index contributed by atoms with van der Waals surface area (Å²) < 4.78 is 17.1. The zero-order valence-electron chi connectivity index (χ0n) is 21.7. The van der Waals surface area contributed by atoms with E-state index in [2.05, 4.69) is 24.4 Å². The molecule has 0 spiro atoms. The van der Waals surface area contributed by atoms with E-state index in [-0.39, 0.29) is 24.2 Å². The minimum atomic E-state index is 0. The van der Waals surface area contributed by atoms with Crippen LogP contribution >= 0.6 is 12.4 Å². The van der Waals surface area contributed by atoms with Crippen LogP contribution in [0.1, 0.15) is 83.6 Å². The predicted octanol–water partition coefficient (Wildman–Crippen LogP) is 5.69. The maximum absolute atomic E-state index is 12.0. The quantitative estimate of drug-likeness (QED) is 0.212. The number of amides is 1. The van der Waals surface area contributed by atoms with Crippen molar-refractivity contribution >= 4 is 18.3 Å². The number of benzene rings is 1. The molecule has 0 saturated heterocycles. The molecule has 1 rings (SSSR count). The minimum absolute atomic E-state index is 0. The molecule has 1 aromatic carbocycles. The lowest BCUT2D eigenvalue weighted by molar-refractivity contribution is -0.124. The molecule has 0 saturated carbocycles. The van der Waals surface area contributed by atoms with Crippen molar-refractivity contribution in [1.82, 2.24) is 5.32 Å². The number of aryl methyl sites for hydroxylation is 1. The standard InChI is InChI=1S/C27H48N2O4.ClH/c1-4-5-18-29-27(30)23(2)13-8-6-7-9-14-24-15-16-25(32-20-11-10-17-28)26(22-24)33-21-12-19-31-3;/h15-16,22-23H,4-14,17-21,28H2,1-3H3,(H,29,30);1H/t23-;/m1./s1. The molecule has 34 heavy (non-hydrogen) atoms. The van der Waals surface area contributed by atoms with Crippen molar-refractivity contribution in [3.8, 4) is 11.5 Å². The highest BCUT2D eigenvalue weighted by Crippen LogP contribution is 2.29. The number of ether oxygens (including phenoxy) is 3. The number of hydrogen-bond acceptors (Lipinski definition) is 5. The average molecular weight is 501 g/mol. The van der Waals surface area contributed by atoms with E-state index in [1.54, 1.807) is 7.11 Å². The molecule has 0 bridgehead atoms. The van der Waals surface area contributed by atoms with E-state index in [1.165, 1.54) is 12.0 Å². The summed E-state index contributed by atoms with van der Waals surface area (Å²) in [6.45, 7) is 7.61. The number of rotatable bonds is 21. The summed E-state index contributed by atoms with van der Waals surface area (Å²) >= 11 is 0. The van der Waals surface area contributed by atoms with Gasteiger partial charge in [0.25, 0.3) is 0 Å². The van der Waals surface area contributed by atoms with Crippen LogP contribution in [0.2, 0.25) is 0 Å². The van der Waals surface area contributed by atoms with Gasteiger partial charge in [0.15, 0.2) is 11.5 Å². The molecule has 0 heterocycles. The number of carbonyl (C=O) groups is 1. The van der Waals surface area contributed by atoms with Crippen molar-refractivity contribution in [2.24, 2.45) is 11.7 Å². The monoisotopic (exact) mass is 500 g/mol. The maximum atomic E-state index is 12.0. The predicted molar refractivity (Wildman–Crippen MR) is 143 cm³/mol. The van der Waals surface area contributed by atoms with Gasteiger partial charge in [-0.2, -0.15) is 0 Å². The van der Waals surface area contributed by atoms with Crippen molar-refractivity contribution in [1.29, 1.82) is 0 Å². The number of nitrogens with two attached hydrogens (primary N) is 1. The third kappa shape index (κ3) is 15.4. The molecule has 1 amide bonds. The van der Waals surface area contributed by atoms with Crippen LogP contribution in [-0.2, 0) is 16.0 Å². The van der Waals surface area contributed by atoms with Gasteiger partial charge >= 0.3 is 0 Å². The zero-order valence-corrected chi connectivity index (χ0v) is 22.6. The van der Waals surface area contributed by atoms with E-state index < -0.39 is 0 Å². The van der Waals surface area contributed by atoms with Gasteiger partial charge in [-0.3, -0.25) is 4.79 Å². The first-order valence-corrected chi connectivity index (χ1v) is 13.0. The third-order valence-electron chi connectivity index (χ3n) is 5.74. The molecule has 0 aliphatic carbocycles. The summed E-state index contributed by atoms with van der Waals surface area (Å²) in [5, 5.41) is 3.03. The fourth-order valence-corrected chi connectivity index (χ4v) is 3.58.